The minimum absolute atomic E-state index is 0.149. The van der Waals surface area contributed by atoms with Gasteiger partial charge in [-0.1, -0.05) is 5.16 Å². The third kappa shape index (κ3) is 5.78. The van der Waals surface area contributed by atoms with Crippen LogP contribution in [0.2, 0.25) is 0 Å². The number of carbonyl (C=O) groups excluding carboxylic acids is 1. The molecule has 3 aromatic heterocycles. The van der Waals surface area contributed by atoms with Crippen molar-refractivity contribution < 1.29 is 9.32 Å². The van der Waals surface area contributed by atoms with E-state index in [1.807, 2.05) is 38.2 Å². The number of rotatable bonds is 8. The first-order chi connectivity index (χ1) is 15.6. The molecule has 0 unspecified atom stereocenters. The van der Waals surface area contributed by atoms with E-state index in [2.05, 4.69) is 20.4 Å². The first kappa shape index (κ1) is 22.1. The summed E-state index contributed by atoms with van der Waals surface area (Å²) in [7, 11) is 0. The molecule has 1 saturated carbocycles. The van der Waals surface area contributed by atoms with Crippen molar-refractivity contribution in [3.8, 4) is 11.3 Å². The second kappa shape index (κ2) is 10.5. The van der Waals surface area contributed by atoms with E-state index in [9.17, 15) is 4.79 Å². The number of pyridine rings is 1. The van der Waals surface area contributed by atoms with Gasteiger partial charge in [-0.05, 0) is 76.0 Å². The number of hydrogen-bond acceptors (Lipinski definition) is 6. The Balaban J connectivity index is 1.25. The van der Waals surface area contributed by atoms with E-state index in [4.69, 9.17) is 9.51 Å². The summed E-state index contributed by atoms with van der Waals surface area (Å²) in [5.74, 6) is 2.56. The molecule has 0 radical (unpaired) electrons. The molecule has 0 spiro atoms. The maximum atomic E-state index is 12.2. The predicted molar refractivity (Wildman–Crippen MR) is 122 cm³/mol. The molecule has 4 rings (SSSR count). The van der Waals surface area contributed by atoms with Gasteiger partial charge in [0, 0.05) is 43.5 Å². The van der Waals surface area contributed by atoms with E-state index in [1.54, 1.807) is 12.4 Å². The van der Waals surface area contributed by atoms with Crippen LogP contribution in [0.25, 0.3) is 11.3 Å². The van der Waals surface area contributed by atoms with Gasteiger partial charge in [-0.25, -0.2) is 9.97 Å². The molecule has 3 aromatic rings. The lowest BCUT2D eigenvalue weighted by Crippen LogP contribution is -2.31. The van der Waals surface area contributed by atoms with E-state index in [1.165, 1.54) is 5.56 Å². The van der Waals surface area contributed by atoms with Gasteiger partial charge in [0.25, 0.3) is 0 Å². The van der Waals surface area contributed by atoms with Gasteiger partial charge in [0.1, 0.15) is 5.82 Å². The Hall–Kier alpha value is -3.09. The molecular formula is C25H31N5O2. The number of nitrogens with zero attached hydrogens (tertiary/aromatic N) is 4. The zero-order valence-corrected chi connectivity index (χ0v) is 18.9. The van der Waals surface area contributed by atoms with Gasteiger partial charge < -0.3 is 9.84 Å². The zero-order chi connectivity index (χ0) is 22.3. The number of amides is 1. The third-order valence-corrected chi connectivity index (χ3v) is 6.27. The summed E-state index contributed by atoms with van der Waals surface area (Å²) in [6, 6.07) is 5.95. The predicted octanol–water partition coefficient (Wildman–Crippen LogP) is 4.56. The van der Waals surface area contributed by atoms with Crippen molar-refractivity contribution in [1.82, 2.24) is 25.4 Å². The van der Waals surface area contributed by atoms with Crippen LogP contribution in [0.5, 0.6) is 0 Å². The molecule has 0 bridgehead atoms. The lowest BCUT2D eigenvalue weighted by Gasteiger charge is -2.29. The van der Waals surface area contributed by atoms with Gasteiger partial charge in [-0.2, -0.15) is 0 Å². The summed E-state index contributed by atoms with van der Waals surface area (Å²) in [4.78, 5) is 25.4. The van der Waals surface area contributed by atoms with Crippen molar-refractivity contribution in [2.45, 2.75) is 64.7 Å². The molecule has 32 heavy (non-hydrogen) atoms. The summed E-state index contributed by atoms with van der Waals surface area (Å²) in [5, 5.41) is 7.16. The molecule has 0 aromatic carbocycles. The van der Waals surface area contributed by atoms with Crippen LogP contribution in [0.4, 0.5) is 0 Å². The fraction of sp³-hybridized carbons (Fsp3) is 0.480. The molecule has 1 fully saturated rings. The zero-order valence-electron chi connectivity index (χ0n) is 18.9. The van der Waals surface area contributed by atoms with E-state index >= 15 is 0 Å². The molecule has 0 aliphatic heterocycles. The fourth-order valence-corrected chi connectivity index (χ4v) is 4.47. The van der Waals surface area contributed by atoms with Crippen LogP contribution in [-0.2, 0) is 11.2 Å². The number of aryl methyl sites for hydroxylation is 3. The van der Waals surface area contributed by atoms with E-state index < -0.39 is 0 Å². The van der Waals surface area contributed by atoms with E-state index in [-0.39, 0.29) is 5.91 Å². The van der Waals surface area contributed by atoms with Crippen LogP contribution < -0.4 is 5.32 Å². The van der Waals surface area contributed by atoms with Crippen LogP contribution in [0.1, 0.15) is 67.2 Å². The molecule has 0 saturated heterocycles. The molecule has 1 N–H and O–H groups in total. The Bertz CT molecular complexity index is 1030. The van der Waals surface area contributed by atoms with Crippen LogP contribution in [0, 0.1) is 19.8 Å². The van der Waals surface area contributed by atoms with Crippen molar-refractivity contribution in [3.63, 3.8) is 0 Å². The molecule has 168 valence electrons. The minimum atomic E-state index is 0.149. The number of aromatic nitrogens is 4. The summed E-state index contributed by atoms with van der Waals surface area (Å²) < 4.78 is 5.49. The maximum Gasteiger partial charge on any atom is 0.220 e. The van der Waals surface area contributed by atoms with Gasteiger partial charge >= 0.3 is 0 Å². The van der Waals surface area contributed by atoms with Crippen molar-refractivity contribution in [2.24, 2.45) is 5.92 Å². The molecule has 7 heteroatoms. The number of carbonyl (C=O) groups is 1. The first-order valence-electron chi connectivity index (χ1n) is 11.5. The monoisotopic (exact) mass is 433 g/mol. The quantitative estimate of drug-likeness (QED) is 0.560. The summed E-state index contributed by atoms with van der Waals surface area (Å²) in [6.45, 7) is 4.60. The highest BCUT2D eigenvalue weighted by atomic mass is 16.5. The van der Waals surface area contributed by atoms with Crippen LogP contribution >= 0.6 is 0 Å². The Morgan fingerprint density at radius 1 is 1.16 bits per heavy atom. The minimum Gasteiger partial charge on any atom is -0.356 e. The average molecular weight is 434 g/mol. The van der Waals surface area contributed by atoms with Crippen LogP contribution in [0.15, 0.2) is 41.3 Å². The third-order valence-electron chi connectivity index (χ3n) is 6.27. The highest BCUT2D eigenvalue weighted by Crippen LogP contribution is 2.38. The van der Waals surface area contributed by atoms with Crippen LogP contribution in [-0.4, -0.2) is 32.6 Å². The molecule has 7 nitrogen and oxygen atoms in total. The number of hydrogen-bond donors (Lipinski definition) is 1. The van der Waals surface area contributed by atoms with Gasteiger partial charge in [-0.15, -0.1) is 0 Å². The molecule has 1 aliphatic rings. The lowest BCUT2D eigenvalue weighted by molar-refractivity contribution is -0.121. The van der Waals surface area contributed by atoms with Gasteiger partial charge in [-0.3, -0.25) is 9.78 Å². The maximum absolute atomic E-state index is 12.2. The highest BCUT2D eigenvalue weighted by Gasteiger charge is 2.27. The normalized spacial score (nSPS) is 18.4. The summed E-state index contributed by atoms with van der Waals surface area (Å²) in [6.07, 6.45) is 12.1. The highest BCUT2D eigenvalue weighted by molar-refractivity contribution is 5.75. The van der Waals surface area contributed by atoms with Crippen molar-refractivity contribution in [3.05, 3.63) is 59.6 Å². The standard InChI is InChI=1S/C25H31N5O2/c1-17-14-23(32-30-17)22-16-27-18(2)29-25(22)21-8-6-20(7-9-21)15-28-24(31)5-3-4-19-10-12-26-13-11-19/h10-14,16,20-21H,3-9,15H2,1-2H3,(H,28,31). The van der Waals surface area contributed by atoms with Gasteiger partial charge in [0.15, 0.2) is 5.76 Å². The van der Waals surface area contributed by atoms with E-state index in [0.29, 0.717) is 18.3 Å². The first-order valence-corrected chi connectivity index (χ1v) is 11.5. The summed E-state index contributed by atoms with van der Waals surface area (Å²) in [5.41, 5.74) is 4.09. The molecule has 1 amide bonds. The van der Waals surface area contributed by atoms with Crippen LogP contribution in [0.3, 0.4) is 0 Å². The Kier molecular flexibility index (Phi) is 7.24. The van der Waals surface area contributed by atoms with Crippen molar-refractivity contribution in [2.75, 3.05) is 6.54 Å². The largest absolute Gasteiger partial charge is 0.356 e. The SMILES string of the molecule is Cc1cc(-c2cnc(C)nc2C2CCC(CNC(=O)CCCc3ccncc3)CC2)on1. The second-order valence-corrected chi connectivity index (χ2v) is 8.78. The fourth-order valence-electron chi connectivity index (χ4n) is 4.47. The molecule has 1 aliphatic carbocycles. The average Bonchev–Trinajstić information content (AvgIpc) is 3.25. The van der Waals surface area contributed by atoms with Crippen molar-refractivity contribution >= 4 is 5.91 Å². The number of nitrogens with one attached hydrogen (secondary N) is 1. The van der Waals surface area contributed by atoms with Crippen molar-refractivity contribution in [1.29, 1.82) is 0 Å². The molecular weight excluding hydrogens is 402 g/mol. The van der Waals surface area contributed by atoms with E-state index in [0.717, 1.165) is 73.6 Å². The molecule has 0 atom stereocenters. The second-order valence-electron chi connectivity index (χ2n) is 8.78. The lowest BCUT2D eigenvalue weighted by atomic mass is 9.79. The Morgan fingerprint density at radius 2 is 1.94 bits per heavy atom. The topological polar surface area (TPSA) is 93.8 Å². The Labute approximate surface area is 189 Å². The van der Waals surface area contributed by atoms with Gasteiger partial charge in [0.2, 0.25) is 5.91 Å². The smallest absolute Gasteiger partial charge is 0.220 e. The molecule has 3 heterocycles. The van der Waals surface area contributed by atoms with Gasteiger partial charge in [0.05, 0.1) is 17.0 Å². The Morgan fingerprint density at radius 3 is 2.66 bits per heavy atom. The summed E-state index contributed by atoms with van der Waals surface area (Å²) >= 11 is 0.